The van der Waals surface area contributed by atoms with Gasteiger partial charge in [0.05, 0.1) is 0 Å². The van der Waals surface area contributed by atoms with Crippen molar-refractivity contribution in [2.45, 2.75) is 40.0 Å². The van der Waals surface area contributed by atoms with Gasteiger partial charge in [0.25, 0.3) is 0 Å². The van der Waals surface area contributed by atoms with Crippen LogP contribution in [0.4, 0.5) is 5.69 Å². The Morgan fingerprint density at radius 3 is 2.30 bits per heavy atom. The van der Waals surface area contributed by atoms with Crippen LogP contribution in [-0.2, 0) is 9.59 Å². The molecule has 110 valence electrons. The predicted octanol–water partition coefficient (Wildman–Crippen LogP) is 3.01. The second-order valence-electron chi connectivity index (χ2n) is 5.03. The Hall–Kier alpha value is -1.84. The monoisotopic (exact) mass is 276 g/mol. The van der Waals surface area contributed by atoms with Gasteiger partial charge in [-0.15, -0.1) is 0 Å². The number of nitrogens with zero attached hydrogens (tertiary/aromatic N) is 1. The molecule has 0 unspecified atom stereocenters. The first-order valence-corrected chi connectivity index (χ1v) is 7.16. The van der Waals surface area contributed by atoms with Crippen molar-refractivity contribution >= 4 is 17.5 Å². The number of benzene rings is 1. The standard InChI is InChI=1S/C16H24N2O2/c1-5-18(6-2)16(20)11-15(19)17-14-10-8-7-9-13(14)12(3)4/h7-10,12H,5-6,11H2,1-4H3,(H,17,19). The molecule has 0 fully saturated rings. The van der Waals surface area contributed by atoms with E-state index in [0.717, 1.165) is 11.3 Å². The molecule has 1 rings (SSSR count). The van der Waals surface area contributed by atoms with Gasteiger partial charge in [-0.2, -0.15) is 0 Å². The third kappa shape index (κ3) is 4.37. The average molecular weight is 276 g/mol. The smallest absolute Gasteiger partial charge is 0.233 e. The first-order valence-electron chi connectivity index (χ1n) is 7.16. The third-order valence-electron chi connectivity index (χ3n) is 3.28. The van der Waals surface area contributed by atoms with Crippen LogP contribution in [-0.4, -0.2) is 29.8 Å². The van der Waals surface area contributed by atoms with Crippen LogP contribution in [0.15, 0.2) is 24.3 Å². The van der Waals surface area contributed by atoms with E-state index in [2.05, 4.69) is 19.2 Å². The summed E-state index contributed by atoms with van der Waals surface area (Å²) in [5, 5.41) is 2.84. The van der Waals surface area contributed by atoms with Crippen LogP contribution in [0.25, 0.3) is 0 Å². The molecular formula is C16H24N2O2. The molecule has 1 aromatic rings. The van der Waals surface area contributed by atoms with Gasteiger partial charge >= 0.3 is 0 Å². The van der Waals surface area contributed by atoms with Crippen molar-refractivity contribution in [2.24, 2.45) is 0 Å². The fourth-order valence-corrected chi connectivity index (χ4v) is 2.13. The quantitative estimate of drug-likeness (QED) is 0.812. The van der Waals surface area contributed by atoms with Crippen LogP contribution in [0.2, 0.25) is 0 Å². The minimum absolute atomic E-state index is 0.103. The molecule has 4 heteroatoms. The van der Waals surface area contributed by atoms with E-state index < -0.39 is 0 Å². The summed E-state index contributed by atoms with van der Waals surface area (Å²) in [6.45, 7) is 9.23. The Kier molecular flexibility index (Phi) is 6.22. The molecule has 2 amide bonds. The molecule has 0 saturated carbocycles. The van der Waals surface area contributed by atoms with Crippen molar-refractivity contribution in [3.05, 3.63) is 29.8 Å². The van der Waals surface area contributed by atoms with E-state index in [-0.39, 0.29) is 18.2 Å². The largest absolute Gasteiger partial charge is 0.343 e. The van der Waals surface area contributed by atoms with E-state index in [1.54, 1.807) is 4.90 Å². The number of rotatable bonds is 6. The van der Waals surface area contributed by atoms with Crippen molar-refractivity contribution < 1.29 is 9.59 Å². The van der Waals surface area contributed by atoms with Crippen molar-refractivity contribution in [3.63, 3.8) is 0 Å². The molecule has 1 aromatic carbocycles. The number of hydrogen-bond acceptors (Lipinski definition) is 2. The molecule has 0 aliphatic rings. The van der Waals surface area contributed by atoms with E-state index in [9.17, 15) is 9.59 Å². The summed E-state index contributed by atoms with van der Waals surface area (Å²) in [5.74, 6) is -0.0606. The average Bonchev–Trinajstić information content (AvgIpc) is 2.40. The maximum atomic E-state index is 12.0. The number of hydrogen-bond donors (Lipinski definition) is 1. The Balaban J connectivity index is 2.70. The lowest BCUT2D eigenvalue weighted by Gasteiger charge is -2.19. The molecule has 0 aromatic heterocycles. The highest BCUT2D eigenvalue weighted by molar-refractivity contribution is 6.03. The number of carbonyl (C=O) groups excluding carboxylic acids is 2. The molecule has 0 spiro atoms. The number of carbonyl (C=O) groups is 2. The maximum absolute atomic E-state index is 12.0. The van der Waals surface area contributed by atoms with E-state index in [4.69, 9.17) is 0 Å². The van der Waals surface area contributed by atoms with Crippen molar-refractivity contribution in [3.8, 4) is 0 Å². The van der Waals surface area contributed by atoms with E-state index in [1.165, 1.54) is 0 Å². The summed E-state index contributed by atoms with van der Waals surface area (Å²) in [4.78, 5) is 25.5. The zero-order valence-electron chi connectivity index (χ0n) is 12.8. The topological polar surface area (TPSA) is 49.4 Å². The third-order valence-corrected chi connectivity index (χ3v) is 3.28. The minimum atomic E-state index is -0.255. The number of amides is 2. The van der Waals surface area contributed by atoms with Gasteiger partial charge in [0.15, 0.2) is 0 Å². The summed E-state index contributed by atoms with van der Waals surface area (Å²) in [7, 11) is 0. The molecule has 0 heterocycles. The van der Waals surface area contributed by atoms with Crippen LogP contribution >= 0.6 is 0 Å². The van der Waals surface area contributed by atoms with E-state index in [0.29, 0.717) is 19.0 Å². The fourth-order valence-electron chi connectivity index (χ4n) is 2.13. The maximum Gasteiger partial charge on any atom is 0.233 e. The van der Waals surface area contributed by atoms with Gasteiger partial charge in [-0.05, 0) is 31.4 Å². The van der Waals surface area contributed by atoms with Crippen LogP contribution in [0.1, 0.15) is 45.6 Å². The summed E-state index contributed by atoms with van der Waals surface area (Å²) < 4.78 is 0. The zero-order chi connectivity index (χ0) is 15.1. The van der Waals surface area contributed by atoms with Crippen LogP contribution in [0.3, 0.4) is 0 Å². The Morgan fingerprint density at radius 2 is 1.75 bits per heavy atom. The molecule has 4 nitrogen and oxygen atoms in total. The van der Waals surface area contributed by atoms with Crippen LogP contribution in [0.5, 0.6) is 0 Å². The van der Waals surface area contributed by atoms with Gasteiger partial charge in [0, 0.05) is 18.8 Å². The molecule has 1 N–H and O–H groups in total. The first kappa shape index (κ1) is 16.2. The second kappa shape index (κ2) is 7.68. The lowest BCUT2D eigenvalue weighted by Crippen LogP contribution is -2.33. The molecule has 0 aliphatic heterocycles. The van der Waals surface area contributed by atoms with Crippen molar-refractivity contribution in [1.82, 2.24) is 4.90 Å². The van der Waals surface area contributed by atoms with Crippen LogP contribution in [0, 0.1) is 0 Å². The van der Waals surface area contributed by atoms with Crippen LogP contribution < -0.4 is 5.32 Å². The Labute approximate surface area is 121 Å². The van der Waals surface area contributed by atoms with Gasteiger partial charge in [-0.25, -0.2) is 0 Å². The molecule has 0 saturated heterocycles. The molecular weight excluding hydrogens is 252 g/mol. The van der Waals surface area contributed by atoms with Crippen molar-refractivity contribution in [1.29, 1.82) is 0 Å². The van der Waals surface area contributed by atoms with Gasteiger partial charge in [0.2, 0.25) is 11.8 Å². The molecule has 20 heavy (non-hydrogen) atoms. The highest BCUT2D eigenvalue weighted by Crippen LogP contribution is 2.23. The lowest BCUT2D eigenvalue weighted by molar-refractivity contribution is -0.134. The van der Waals surface area contributed by atoms with Gasteiger partial charge in [-0.1, -0.05) is 32.0 Å². The van der Waals surface area contributed by atoms with Gasteiger partial charge < -0.3 is 10.2 Å². The van der Waals surface area contributed by atoms with E-state index >= 15 is 0 Å². The minimum Gasteiger partial charge on any atom is -0.343 e. The molecule has 0 bridgehead atoms. The van der Waals surface area contributed by atoms with Gasteiger partial charge in [0.1, 0.15) is 6.42 Å². The number of nitrogens with one attached hydrogen (secondary N) is 1. The highest BCUT2D eigenvalue weighted by Gasteiger charge is 2.16. The van der Waals surface area contributed by atoms with Crippen molar-refractivity contribution in [2.75, 3.05) is 18.4 Å². The summed E-state index contributed by atoms with van der Waals surface area (Å²) in [5.41, 5.74) is 1.87. The molecule has 0 radical (unpaired) electrons. The lowest BCUT2D eigenvalue weighted by atomic mass is 10.0. The first-order chi connectivity index (χ1) is 9.49. The molecule has 0 aliphatic carbocycles. The SMILES string of the molecule is CCN(CC)C(=O)CC(=O)Nc1ccccc1C(C)C. The zero-order valence-corrected chi connectivity index (χ0v) is 12.8. The summed E-state index contributed by atoms with van der Waals surface area (Å²) in [6, 6.07) is 7.70. The van der Waals surface area contributed by atoms with Gasteiger partial charge in [-0.3, -0.25) is 9.59 Å². The summed E-state index contributed by atoms with van der Waals surface area (Å²) >= 11 is 0. The molecule has 0 atom stereocenters. The fraction of sp³-hybridized carbons (Fsp3) is 0.500. The van der Waals surface area contributed by atoms with E-state index in [1.807, 2.05) is 38.1 Å². The highest BCUT2D eigenvalue weighted by atomic mass is 16.2. The predicted molar refractivity (Wildman–Crippen MR) is 81.7 cm³/mol. The Bertz CT molecular complexity index is 465. The normalized spacial score (nSPS) is 10.4. The number of anilines is 1. The Morgan fingerprint density at radius 1 is 1.15 bits per heavy atom. The summed E-state index contributed by atoms with van der Waals surface area (Å²) in [6.07, 6.45) is -0.103. The number of para-hydroxylation sites is 1. The second-order valence-corrected chi connectivity index (χ2v) is 5.03.